The van der Waals surface area contributed by atoms with Crippen molar-refractivity contribution in [2.45, 2.75) is 46.2 Å². The minimum absolute atomic E-state index is 0.377. The standard InChI is InChI=1S/C15H21N5O/c1-9-12(7-16-13-5-6-13)8-17-15(18-9)21-14-10(2)19-20(4)11(14)3/h8,13,16H,5-7H2,1-4H3. The Hall–Kier alpha value is -1.95. The summed E-state index contributed by atoms with van der Waals surface area (Å²) in [5.74, 6) is 0.737. The van der Waals surface area contributed by atoms with Gasteiger partial charge in [0.1, 0.15) is 5.69 Å². The van der Waals surface area contributed by atoms with Crippen molar-refractivity contribution in [1.29, 1.82) is 0 Å². The molecule has 6 heteroatoms. The van der Waals surface area contributed by atoms with Gasteiger partial charge in [0.2, 0.25) is 0 Å². The monoisotopic (exact) mass is 287 g/mol. The van der Waals surface area contributed by atoms with Crippen molar-refractivity contribution in [3.05, 3.63) is 28.8 Å². The van der Waals surface area contributed by atoms with Crippen LogP contribution in [0.25, 0.3) is 0 Å². The molecule has 2 aromatic heterocycles. The molecule has 0 bridgehead atoms. The van der Waals surface area contributed by atoms with Gasteiger partial charge in [-0.3, -0.25) is 4.68 Å². The molecule has 0 aliphatic heterocycles. The lowest BCUT2D eigenvalue weighted by Gasteiger charge is -2.08. The molecule has 0 radical (unpaired) electrons. The maximum Gasteiger partial charge on any atom is 0.322 e. The number of nitrogens with zero attached hydrogens (tertiary/aromatic N) is 4. The van der Waals surface area contributed by atoms with Crippen LogP contribution in [0.4, 0.5) is 0 Å². The molecule has 1 fully saturated rings. The first-order valence-corrected chi connectivity index (χ1v) is 7.28. The summed E-state index contributed by atoms with van der Waals surface area (Å²) in [6.45, 7) is 6.70. The Morgan fingerprint density at radius 1 is 1.29 bits per heavy atom. The first kappa shape index (κ1) is 14.0. The highest BCUT2D eigenvalue weighted by Crippen LogP contribution is 2.26. The van der Waals surface area contributed by atoms with Crippen molar-refractivity contribution in [3.8, 4) is 11.8 Å². The van der Waals surface area contributed by atoms with Gasteiger partial charge < -0.3 is 10.1 Å². The second kappa shape index (κ2) is 5.44. The molecule has 2 heterocycles. The van der Waals surface area contributed by atoms with Crippen LogP contribution < -0.4 is 10.1 Å². The molecule has 6 nitrogen and oxygen atoms in total. The molecule has 0 atom stereocenters. The number of ether oxygens (including phenoxy) is 1. The Bertz CT molecular complexity index is 660. The van der Waals surface area contributed by atoms with Gasteiger partial charge in [-0.05, 0) is 33.6 Å². The summed E-state index contributed by atoms with van der Waals surface area (Å²) in [6.07, 6.45) is 4.40. The molecule has 1 N–H and O–H groups in total. The number of aromatic nitrogens is 4. The largest absolute Gasteiger partial charge is 0.420 e. The zero-order chi connectivity index (χ0) is 15.0. The first-order valence-electron chi connectivity index (χ1n) is 7.28. The Morgan fingerprint density at radius 2 is 2.05 bits per heavy atom. The van der Waals surface area contributed by atoms with Crippen LogP contribution in [0.15, 0.2) is 6.20 Å². The fourth-order valence-electron chi connectivity index (χ4n) is 2.23. The summed E-state index contributed by atoms with van der Waals surface area (Å²) in [6, 6.07) is 1.06. The van der Waals surface area contributed by atoms with Gasteiger partial charge in [0.25, 0.3) is 0 Å². The van der Waals surface area contributed by atoms with E-state index in [1.54, 1.807) is 4.68 Å². The topological polar surface area (TPSA) is 64.9 Å². The van der Waals surface area contributed by atoms with Gasteiger partial charge in [0.05, 0.1) is 5.69 Å². The zero-order valence-corrected chi connectivity index (χ0v) is 13.0. The third-order valence-electron chi connectivity index (χ3n) is 3.85. The third kappa shape index (κ3) is 3.05. The summed E-state index contributed by atoms with van der Waals surface area (Å²) >= 11 is 0. The fourth-order valence-corrected chi connectivity index (χ4v) is 2.23. The molecule has 0 saturated heterocycles. The third-order valence-corrected chi connectivity index (χ3v) is 3.85. The fraction of sp³-hybridized carbons (Fsp3) is 0.533. The maximum absolute atomic E-state index is 5.81. The molecule has 1 saturated carbocycles. The van der Waals surface area contributed by atoms with Crippen LogP contribution in [0.2, 0.25) is 0 Å². The summed E-state index contributed by atoms with van der Waals surface area (Å²) in [4.78, 5) is 8.76. The second-order valence-corrected chi connectivity index (χ2v) is 5.64. The van der Waals surface area contributed by atoms with E-state index in [2.05, 4.69) is 20.4 Å². The minimum atomic E-state index is 0.377. The Labute approximate surface area is 124 Å². The maximum atomic E-state index is 5.81. The highest BCUT2D eigenvalue weighted by molar-refractivity contribution is 5.34. The summed E-state index contributed by atoms with van der Waals surface area (Å²) < 4.78 is 7.61. The average molecular weight is 287 g/mol. The number of hydrogen-bond acceptors (Lipinski definition) is 5. The van der Waals surface area contributed by atoms with Gasteiger partial charge in [-0.2, -0.15) is 10.1 Å². The Morgan fingerprint density at radius 3 is 2.62 bits per heavy atom. The summed E-state index contributed by atoms with van der Waals surface area (Å²) in [7, 11) is 1.90. The lowest BCUT2D eigenvalue weighted by Crippen LogP contribution is -2.16. The molecule has 112 valence electrons. The molecule has 0 aromatic carbocycles. The van der Waals surface area contributed by atoms with Crippen molar-refractivity contribution >= 4 is 0 Å². The van der Waals surface area contributed by atoms with E-state index < -0.39 is 0 Å². The first-order chi connectivity index (χ1) is 10.0. The Balaban J connectivity index is 1.74. The van der Waals surface area contributed by atoms with Crippen LogP contribution in [0.1, 0.15) is 35.5 Å². The van der Waals surface area contributed by atoms with E-state index in [0.29, 0.717) is 12.1 Å². The molecule has 3 rings (SSSR count). The number of nitrogens with one attached hydrogen (secondary N) is 1. The van der Waals surface area contributed by atoms with E-state index in [0.717, 1.165) is 34.9 Å². The van der Waals surface area contributed by atoms with E-state index >= 15 is 0 Å². The summed E-state index contributed by atoms with van der Waals surface area (Å²) in [5.41, 5.74) is 3.88. The molecule has 0 spiro atoms. The highest BCUT2D eigenvalue weighted by Gasteiger charge is 2.20. The van der Waals surface area contributed by atoms with Gasteiger partial charge in [-0.15, -0.1) is 0 Å². The van der Waals surface area contributed by atoms with E-state index in [-0.39, 0.29) is 0 Å². The van der Waals surface area contributed by atoms with Crippen molar-refractivity contribution in [3.63, 3.8) is 0 Å². The van der Waals surface area contributed by atoms with Crippen LogP contribution in [0.5, 0.6) is 11.8 Å². The predicted octanol–water partition coefficient (Wildman–Crippen LogP) is 2.18. The zero-order valence-electron chi connectivity index (χ0n) is 13.0. The van der Waals surface area contributed by atoms with Crippen molar-refractivity contribution in [2.75, 3.05) is 0 Å². The second-order valence-electron chi connectivity index (χ2n) is 5.64. The van der Waals surface area contributed by atoms with Crippen molar-refractivity contribution in [1.82, 2.24) is 25.1 Å². The molecular formula is C15H21N5O. The SMILES string of the molecule is Cc1nc(Oc2c(C)nn(C)c2C)ncc1CNC1CC1. The van der Waals surface area contributed by atoms with Gasteiger partial charge >= 0.3 is 6.01 Å². The quantitative estimate of drug-likeness (QED) is 0.913. The van der Waals surface area contributed by atoms with E-state index in [4.69, 9.17) is 4.74 Å². The Kier molecular flexibility index (Phi) is 3.63. The lowest BCUT2D eigenvalue weighted by molar-refractivity contribution is 0.432. The van der Waals surface area contributed by atoms with Crippen LogP contribution >= 0.6 is 0 Å². The predicted molar refractivity (Wildman–Crippen MR) is 79.4 cm³/mol. The molecule has 21 heavy (non-hydrogen) atoms. The minimum Gasteiger partial charge on any atom is -0.420 e. The number of rotatable bonds is 5. The molecule has 0 unspecified atom stereocenters. The molecule has 2 aromatic rings. The van der Waals surface area contributed by atoms with Crippen molar-refractivity contribution in [2.24, 2.45) is 7.05 Å². The van der Waals surface area contributed by atoms with E-state index in [1.807, 2.05) is 34.0 Å². The smallest absolute Gasteiger partial charge is 0.322 e. The van der Waals surface area contributed by atoms with Gasteiger partial charge in [-0.1, -0.05) is 0 Å². The number of hydrogen-bond donors (Lipinski definition) is 1. The van der Waals surface area contributed by atoms with Gasteiger partial charge in [-0.25, -0.2) is 4.98 Å². The van der Waals surface area contributed by atoms with Crippen LogP contribution in [-0.4, -0.2) is 25.8 Å². The van der Waals surface area contributed by atoms with E-state index in [9.17, 15) is 0 Å². The molecule has 1 aliphatic rings. The van der Waals surface area contributed by atoms with Crippen LogP contribution in [0.3, 0.4) is 0 Å². The molecular weight excluding hydrogens is 266 g/mol. The normalized spacial score (nSPS) is 14.5. The average Bonchev–Trinajstić information content (AvgIpc) is 3.23. The molecule has 1 aliphatic carbocycles. The van der Waals surface area contributed by atoms with Gasteiger partial charge in [0.15, 0.2) is 5.75 Å². The summed E-state index contributed by atoms with van der Waals surface area (Å²) in [5, 5.41) is 7.80. The van der Waals surface area contributed by atoms with Gasteiger partial charge in [0, 0.05) is 37.1 Å². The van der Waals surface area contributed by atoms with Crippen LogP contribution in [0, 0.1) is 20.8 Å². The van der Waals surface area contributed by atoms with Crippen molar-refractivity contribution < 1.29 is 4.74 Å². The van der Waals surface area contributed by atoms with Crippen LogP contribution in [-0.2, 0) is 13.6 Å². The number of aryl methyl sites for hydroxylation is 3. The lowest BCUT2D eigenvalue weighted by atomic mass is 10.2. The van der Waals surface area contributed by atoms with E-state index in [1.165, 1.54) is 12.8 Å². The highest BCUT2D eigenvalue weighted by atomic mass is 16.5. The molecule has 0 amide bonds.